The summed E-state index contributed by atoms with van der Waals surface area (Å²) in [7, 11) is 0. The molecule has 0 atom stereocenters. The highest BCUT2D eigenvalue weighted by molar-refractivity contribution is 5.84. The van der Waals surface area contributed by atoms with E-state index in [0.29, 0.717) is 19.6 Å². The van der Waals surface area contributed by atoms with Crippen LogP contribution < -0.4 is 4.74 Å². The van der Waals surface area contributed by atoms with Gasteiger partial charge >= 0.3 is 0 Å². The highest BCUT2D eigenvalue weighted by atomic mass is 16.5. The van der Waals surface area contributed by atoms with Crippen LogP contribution in [0.2, 0.25) is 0 Å². The van der Waals surface area contributed by atoms with Gasteiger partial charge < -0.3 is 4.74 Å². The molecule has 0 fully saturated rings. The molecule has 2 aromatic rings. The fourth-order valence-electron chi connectivity index (χ4n) is 1.92. The monoisotopic (exact) mass is 273 g/mol. The summed E-state index contributed by atoms with van der Waals surface area (Å²) in [6.45, 7) is 4.75. The lowest BCUT2D eigenvalue weighted by molar-refractivity contribution is -0.128. The maximum absolute atomic E-state index is 12.2. The normalized spacial score (nSPS) is 11.3. The number of carbonyl (C=O) groups excluding carboxylic acids is 1. The fraction of sp³-hybridized carbons (Fsp3) is 0.400. The molecule has 0 saturated heterocycles. The molecule has 0 unspecified atom stereocenters. The SMILES string of the molecule is CC(C)(Cn1cncn1)C(=O)CCOc1ccccc1. The molecule has 1 heterocycles. The highest BCUT2D eigenvalue weighted by Gasteiger charge is 2.27. The zero-order valence-electron chi connectivity index (χ0n) is 11.8. The van der Waals surface area contributed by atoms with Crippen molar-refractivity contribution in [3.05, 3.63) is 43.0 Å². The van der Waals surface area contributed by atoms with Crippen molar-refractivity contribution in [3.63, 3.8) is 0 Å². The smallest absolute Gasteiger partial charge is 0.143 e. The third-order valence-electron chi connectivity index (χ3n) is 3.12. The third-order valence-corrected chi connectivity index (χ3v) is 3.12. The second-order valence-electron chi connectivity index (χ2n) is 5.31. The van der Waals surface area contributed by atoms with Gasteiger partial charge in [-0.15, -0.1) is 0 Å². The molecule has 0 radical (unpaired) electrons. The minimum Gasteiger partial charge on any atom is -0.493 e. The Bertz CT molecular complexity index is 536. The van der Waals surface area contributed by atoms with Gasteiger partial charge in [-0.25, -0.2) is 4.98 Å². The molecule has 0 amide bonds. The van der Waals surface area contributed by atoms with E-state index in [1.807, 2.05) is 44.2 Å². The minimum absolute atomic E-state index is 0.156. The number of benzene rings is 1. The molecule has 0 spiro atoms. The molecule has 0 saturated carbocycles. The number of para-hydroxylation sites is 1. The average Bonchev–Trinajstić information content (AvgIpc) is 2.92. The van der Waals surface area contributed by atoms with Gasteiger partial charge in [0.05, 0.1) is 13.2 Å². The molecule has 2 rings (SSSR count). The number of nitrogens with zero attached hydrogens (tertiary/aromatic N) is 3. The minimum atomic E-state index is -0.478. The van der Waals surface area contributed by atoms with E-state index in [4.69, 9.17) is 4.74 Å². The van der Waals surface area contributed by atoms with Crippen LogP contribution in [0.5, 0.6) is 5.75 Å². The summed E-state index contributed by atoms with van der Waals surface area (Å²) in [6.07, 6.45) is 3.48. The van der Waals surface area contributed by atoms with E-state index in [1.54, 1.807) is 11.0 Å². The largest absolute Gasteiger partial charge is 0.493 e. The lowest BCUT2D eigenvalue weighted by Gasteiger charge is -2.22. The first-order chi connectivity index (χ1) is 9.58. The molecule has 1 aromatic carbocycles. The Morgan fingerprint density at radius 1 is 1.30 bits per heavy atom. The van der Waals surface area contributed by atoms with Crippen molar-refractivity contribution < 1.29 is 9.53 Å². The van der Waals surface area contributed by atoms with Crippen molar-refractivity contribution >= 4 is 5.78 Å². The van der Waals surface area contributed by atoms with Crippen molar-refractivity contribution in [2.45, 2.75) is 26.8 Å². The number of ketones is 1. The van der Waals surface area contributed by atoms with Gasteiger partial charge in [0.25, 0.3) is 0 Å². The molecule has 0 bridgehead atoms. The number of rotatable bonds is 7. The lowest BCUT2D eigenvalue weighted by Crippen LogP contribution is -2.30. The summed E-state index contributed by atoms with van der Waals surface area (Å²) < 4.78 is 7.23. The van der Waals surface area contributed by atoms with Gasteiger partial charge in [0.2, 0.25) is 0 Å². The van der Waals surface area contributed by atoms with Crippen molar-refractivity contribution in [1.82, 2.24) is 14.8 Å². The van der Waals surface area contributed by atoms with E-state index < -0.39 is 5.41 Å². The zero-order chi connectivity index (χ0) is 14.4. The van der Waals surface area contributed by atoms with E-state index in [9.17, 15) is 4.79 Å². The maximum atomic E-state index is 12.2. The summed E-state index contributed by atoms with van der Waals surface area (Å²) >= 11 is 0. The van der Waals surface area contributed by atoms with Gasteiger partial charge in [0, 0.05) is 11.8 Å². The first-order valence-corrected chi connectivity index (χ1v) is 6.61. The number of aromatic nitrogens is 3. The second-order valence-corrected chi connectivity index (χ2v) is 5.31. The Kier molecular flexibility index (Phi) is 4.50. The van der Waals surface area contributed by atoms with Crippen LogP contribution in [0.3, 0.4) is 0 Å². The molecule has 0 N–H and O–H groups in total. The summed E-state index contributed by atoms with van der Waals surface area (Å²) in [5.41, 5.74) is -0.478. The molecule has 20 heavy (non-hydrogen) atoms. The first kappa shape index (κ1) is 14.2. The number of hydrogen-bond acceptors (Lipinski definition) is 4. The molecule has 0 aliphatic carbocycles. The Labute approximate surface area is 118 Å². The average molecular weight is 273 g/mol. The number of Topliss-reactive ketones (excluding diaryl/α,β-unsaturated/α-hetero) is 1. The predicted molar refractivity (Wildman–Crippen MR) is 75.4 cm³/mol. The Balaban J connectivity index is 1.81. The van der Waals surface area contributed by atoms with Crippen LogP contribution >= 0.6 is 0 Å². The van der Waals surface area contributed by atoms with Crippen LogP contribution in [-0.2, 0) is 11.3 Å². The van der Waals surface area contributed by atoms with Crippen molar-refractivity contribution in [2.24, 2.45) is 5.41 Å². The van der Waals surface area contributed by atoms with Gasteiger partial charge in [0.15, 0.2) is 0 Å². The van der Waals surface area contributed by atoms with Gasteiger partial charge in [-0.2, -0.15) is 5.10 Å². The Morgan fingerprint density at radius 2 is 2.05 bits per heavy atom. The molecule has 0 aliphatic heterocycles. The van der Waals surface area contributed by atoms with Gasteiger partial charge in [-0.1, -0.05) is 32.0 Å². The van der Waals surface area contributed by atoms with Crippen LogP contribution in [0.15, 0.2) is 43.0 Å². The summed E-state index contributed by atoms with van der Waals surface area (Å²) in [5, 5.41) is 4.03. The zero-order valence-corrected chi connectivity index (χ0v) is 11.8. The van der Waals surface area contributed by atoms with Crippen molar-refractivity contribution in [1.29, 1.82) is 0 Å². The van der Waals surface area contributed by atoms with E-state index in [1.165, 1.54) is 6.33 Å². The Morgan fingerprint density at radius 3 is 2.70 bits per heavy atom. The van der Waals surface area contributed by atoms with Gasteiger partial charge in [-0.3, -0.25) is 9.48 Å². The summed E-state index contributed by atoms with van der Waals surface area (Å²) in [5.74, 6) is 0.943. The number of hydrogen-bond donors (Lipinski definition) is 0. The van der Waals surface area contributed by atoms with E-state index in [2.05, 4.69) is 10.1 Å². The first-order valence-electron chi connectivity index (χ1n) is 6.61. The van der Waals surface area contributed by atoms with Gasteiger partial charge in [-0.05, 0) is 12.1 Å². The van der Waals surface area contributed by atoms with Crippen LogP contribution in [0.25, 0.3) is 0 Å². The van der Waals surface area contributed by atoms with Crippen LogP contribution in [0.4, 0.5) is 0 Å². The third kappa shape index (κ3) is 3.91. The lowest BCUT2D eigenvalue weighted by atomic mass is 9.86. The molecule has 5 heteroatoms. The van der Waals surface area contributed by atoms with E-state index >= 15 is 0 Å². The maximum Gasteiger partial charge on any atom is 0.143 e. The van der Waals surface area contributed by atoms with E-state index in [0.717, 1.165) is 5.75 Å². The molecule has 106 valence electrons. The van der Waals surface area contributed by atoms with Crippen molar-refractivity contribution in [2.75, 3.05) is 6.61 Å². The fourth-order valence-corrected chi connectivity index (χ4v) is 1.92. The van der Waals surface area contributed by atoms with Gasteiger partial charge in [0.1, 0.15) is 24.2 Å². The second kappa shape index (κ2) is 6.32. The molecular weight excluding hydrogens is 254 g/mol. The Hall–Kier alpha value is -2.17. The van der Waals surface area contributed by atoms with Crippen LogP contribution in [0, 0.1) is 5.41 Å². The molecule has 1 aromatic heterocycles. The summed E-state index contributed by atoms with van der Waals surface area (Å²) in [4.78, 5) is 16.1. The van der Waals surface area contributed by atoms with Crippen molar-refractivity contribution in [3.8, 4) is 5.75 Å². The molecule has 5 nitrogen and oxygen atoms in total. The van der Waals surface area contributed by atoms with Crippen LogP contribution in [-0.4, -0.2) is 27.2 Å². The standard InChI is InChI=1S/C15H19N3O2/c1-15(2,10-18-12-16-11-17-18)14(19)8-9-20-13-6-4-3-5-7-13/h3-7,11-12H,8-10H2,1-2H3. The van der Waals surface area contributed by atoms with Crippen LogP contribution in [0.1, 0.15) is 20.3 Å². The molecular formula is C15H19N3O2. The topological polar surface area (TPSA) is 57.0 Å². The number of carbonyl (C=O) groups is 1. The van der Waals surface area contributed by atoms with E-state index in [-0.39, 0.29) is 5.78 Å². The predicted octanol–water partition coefficient (Wildman–Crippen LogP) is 2.34. The molecule has 0 aliphatic rings. The summed E-state index contributed by atoms with van der Waals surface area (Å²) in [6, 6.07) is 9.51. The number of ether oxygens (including phenoxy) is 1. The highest BCUT2D eigenvalue weighted by Crippen LogP contribution is 2.21. The quantitative estimate of drug-likeness (QED) is 0.777.